The Balaban J connectivity index is 2.99. The number of aldehydes is 1. The van der Waals surface area contributed by atoms with Crippen LogP contribution in [0.5, 0.6) is 0 Å². The Hall–Kier alpha value is -2.40. The summed E-state index contributed by atoms with van der Waals surface area (Å²) in [7, 11) is 0. The van der Waals surface area contributed by atoms with Gasteiger partial charge in [-0.1, -0.05) is 41.6 Å². The zero-order valence-corrected chi connectivity index (χ0v) is 13.4. The molecule has 0 aliphatic rings. The number of benzene rings is 1. The molecular formula is C17H18N2O2S. The number of aryl methyl sites for hydroxylation is 1. The third-order valence-corrected chi connectivity index (χ3v) is 3.86. The lowest BCUT2D eigenvalue weighted by Crippen LogP contribution is -2.12. The van der Waals surface area contributed by atoms with Crippen molar-refractivity contribution in [3.05, 3.63) is 63.6 Å². The van der Waals surface area contributed by atoms with Crippen molar-refractivity contribution in [3.8, 4) is 0 Å². The predicted octanol–water partition coefficient (Wildman–Crippen LogP) is 3.24. The van der Waals surface area contributed by atoms with Gasteiger partial charge in [-0.2, -0.15) is 0 Å². The molecule has 0 saturated carbocycles. The van der Waals surface area contributed by atoms with Gasteiger partial charge in [0.15, 0.2) is 0 Å². The fourth-order valence-electron chi connectivity index (χ4n) is 1.64. The number of nitrogens with zero attached hydrogens (tertiary/aromatic N) is 1. The first-order valence-corrected chi connectivity index (χ1v) is 7.40. The maximum absolute atomic E-state index is 11.4. The van der Waals surface area contributed by atoms with Crippen molar-refractivity contribution in [1.29, 1.82) is 0 Å². The van der Waals surface area contributed by atoms with E-state index in [9.17, 15) is 9.59 Å². The van der Waals surface area contributed by atoms with Crippen LogP contribution in [-0.4, -0.2) is 18.9 Å². The number of aliphatic imine (C=N–C) groups is 1. The van der Waals surface area contributed by atoms with E-state index in [0.717, 1.165) is 34.7 Å². The molecule has 0 heterocycles. The van der Waals surface area contributed by atoms with Crippen molar-refractivity contribution in [3.63, 3.8) is 0 Å². The van der Waals surface area contributed by atoms with E-state index in [0.29, 0.717) is 10.6 Å². The van der Waals surface area contributed by atoms with Gasteiger partial charge in [0.05, 0.1) is 10.6 Å². The van der Waals surface area contributed by atoms with Crippen LogP contribution in [0, 0.1) is 6.92 Å². The molecule has 22 heavy (non-hydrogen) atoms. The Morgan fingerprint density at radius 1 is 1.32 bits per heavy atom. The molecule has 0 unspecified atom stereocenters. The van der Waals surface area contributed by atoms with Gasteiger partial charge in [0, 0.05) is 0 Å². The number of carbonyl (C=O) groups excluding carboxylic acids is 2. The standard InChI is InChI=1S/C17H18N2O2S/c1-12-4-6-14(7-5-12)15(8-10-20)9-11-22-16(17(18)21)13(2)19-3/h4-11H,3H2,1-2H3,(H2,18,21)/b11-9-,15-8+,16-13-. The molecule has 1 amide bonds. The van der Waals surface area contributed by atoms with Gasteiger partial charge in [-0.05, 0) is 49.3 Å². The first-order valence-electron chi connectivity index (χ1n) is 6.52. The molecule has 4 nitrogen and oxygen atoms in total. The van der Waals surface area contributed by atoms with E-state index in [1.54, 1.807) is 18.4 Å². The molecule has 0 radical (unpaired) electrons. The minimum Gasteiger partial charge on any atom is -0.365 e. The van der Waals surface area contributed by atoms with E-state index < -0.39 is 5.91 Å². The van der Waals surface area contributed by atoms with Gasteiger partial charge in [0.1, 0.15) is 6.29 Å². The van der Waals surface area contributed by atoms with Crippen molar-refractivity contribution < 1.29 is 9.59 Å². The summed E-state index contributed by atoms with van der Waals surface area (Å²) in [6, 6.07) is 7.80. The molecular weight excluding hydrogens is 296 g/mol. The van der Waals surface area contributed by atoms with Crippen LogP contribution >= 0.6 is 11.8 Å². The summed E-state index contributed by atoms with van der Waals surface area (Å²) in [5.74, 6) is -0.559. The minimum absolute atomic E-state index is 0.320. The first kappa shape index (κ1) is 17.7. The van der Waals surface area contributed by atoms with Gasteiger partial charge in [-0.25, -0.2) is 0 Å². The number of thioether (sulfide) groups is 1. The van der Waals surface area contributed by atoms with Crippen LogP contribution in [0.15, 0.2) is 57.4 Å². The highest BCUT2D eigenvalue weighted by molar-refractivity contribution is 8.06. The fourth-order valence-corrected chi connectivity index (χ4v) is 2.34. The van der Waals surface area contributed by atoms with Gasteiger partial charge in [0.25, 0.3) is 5.91 Å². The van der Waals surface area contributed by atoms with E-state index in [1.165, 1.54) is 6.08 Å². The molecule has 0 spiro atoms. The number of primary amides is 1. The summed E-state index contributed by atoms with van der Waals surface area (Å²) in [6.45, 7) is 7.04. The molecule has 5 heteroatoms. The first-order chi connectivity index (χ1) is 10.5. The van der Waals surface area contributed by atoms with E-state index in [4.69, 9.17) is 5.73 Å². The van der Waals surface area contributed by atoms with Crippen LogP contribution in [0.4, 0.5) is 0 Å². The quantitative estimate of drug-likeness (QED) is 0.363. The summed E-state index contributed by atoms with van der Waals surface area (Å²) in [5.41, 5.74) is 8.58. The number of carbonyl (C=O) groups is 2. The summed E-state index contributed by atoms with van der Waals surface area (Å²) in [6.07, 6.45) is 3.95. The van der Waals surface area contributed by atoms with E-state index in [2.05, 4.69) is 11.7 Å². The maximum atomic E-state index is 11.4. The van der Waals surface area contributed by atoms with Gasteiger partial charge >= 0.3 is 0 Å². The summed E-state index contributed by atoms with van der Waals surface area (Å²) >= 11 is 1.15. The minimum atomic E-state index is -0.559. The van der Waals surface area contributed by atoms with Crippen LogP contribution in [0.3, 0.4) is 0 Å². The summed E-state index contributed by atoms with van der Waals surface area (Å²) in [4.78, 5) is 26.2. The Bertz CT molecular complexity index is 656. The van der Waals surface area contributed by atoms with E-state index >= 15 is 0 Å². The number of hydrogen-bond donors (Lipinski definition) is 1. The molecule has 1 aromatic carbocycles. The smallest absolute Gasteiger partial charge is 0.257 e. The Kier molecular flexibility index (Phi) is 7.05. The second-order valence-electron chi connectivity index (χ2n) is 4.48. The molecule has 1 rings (SSSR count). The molecule has 0 atom stereocenters. The van der Waals surface area contributed by atoms with Crippen molar-refractivity contribution in [1.82, 2.24) is 0 Å². The normalized spacial score (nSPS) is 12.9. The van der Waals surface area contributed by atoms with E-state index in [-0.39, 0.29) is 0 Å². The third kappa shape index (κ3) is 5.18. The molecule has 1 aromatic rings. The average molecular weight is 314 g/mol. The SMILES string of the molecule is C=N/C(C)=C(\S/C=C\C(=C/C=O)c1ccc(C)cc1)C(N)=O. The zero-order valence-electron chi connectivity index (χ0n) is 12.6. The predicted molar refractivity (Wildman–Crippen MR) is 93.4 cm³/mol. The van der Waals surface area contributed by atoms with E-state index in [1.807, 2.05) is 31.2 Å². The molecule has 114 valence electrons. The largest absolute Gasteiger partial charge is 0.365 e. The zero-order chi connectivity index (χ0) is 16.5. The highest BCUT2D eigenvalue weighted by Crippen LogP contribution is 2.24. The lowest BCUT2D eigenvalue weighted by molar-refractivity contribution is -0.114. The Labute approximate surface area is 134 Å². The van der Waals surface area contributed by atoms with Gasteiger partial charge < -0.3 is 5.73 Å². The second-order valence-corrected chi connectivity index (χ2v) is 5.40. The molecule has 0 aliphatic heterocycles. The van der Waals surface area contributed by atoms with Crippen LogP contribution in [0.1, 0.15) is 18.1 Å². The van der Waals surface area contributed by atoms with Crippen LogP contribution in [0.25, 0.3) is 5.57 Å². The molecule has 0 aromatic heterocycles. The average Bonchev–Trinajstić information content (AvgIpc) is 2.50. The number of allylic oxidation sites excluding steroid dienone is 4. The summed E-state index contributed by atoms with van der Waals surface area (Å²) < 4.78 is 0. The molecule has 0 bridgehead atoms. The van der Waals surface area contributed by atoms with Gasteiger partial charge in [-0.3, -0.25) is 14.6 Å². The number of rotatable bonds is 7. The molecule has 0 fully saturated rings. The monoisotopic (exact) mass is 314 g/mol. The number of amides is 1. The summed E-state index contributed by atoms with van der Waals surface area (Å²) in [5, 5.41) is 1.70. The molecule has 2 N–H and O–H groups in total. The lowest BCUT2D eigenvalue weighted by Gasteiger charge is -2.04. The van der Waals surface area contributed by atoms with Crippen molar-refractivity contribution >= 4 is 36.2 Å². The van der Waals surface area contributed by atoms with Crippen LogP contribution in [-0.2, 0) is 9.59 Å². The second kappa shape index (κ2) is 8.79. The Morgan fingerprint density at radius 2 is 1.95 bits per heavy atom. The third-order valence-electron chi connectivity index (χ3n) is 2.86. The van der Waals surface area contributed by atoms with Gasteiger partial charge in [0.2, 0.25) is 0 Å². The molecule has 0 aliphatic carbocycles. The van der Waals surface area contributed by atoms with Gasteiger partial charge in [-0.15, -0.1) is 0 Å². The van der Waals surface area contributed by atoms with Crippen molar-refractivity contribution in [2.75, 3.05) is 0 Å². The fraction of sp³-hybridized carbons (Fsp3) is 0.118. The van der Waals surface area contributed by atoms with Crippen LogP contribution < -0.4 is 5.73 Å². The maximum Gasteiger partial charge on any atom is 0.257 e. The number of nitrogens with two attached hydrogens (primary N) is 1. The Morgan fingerprint density at radius 3 is 2.45 bits per heavy atom. The molecule has 0 saturated heterocycles. The van der Waals surface area contributed by atoms with Crippen LogP contribution in [0.2, 0.25) is 0 Å². The van der Waals surface area contributed by atoms with Crippen molar-refractivity contribution in [2.24, 2.45) is 10.7 Å². The number of hydrogen-bond acceptors (Lipinski definition) is 4. The van der Waals surface area contributed by atoms with Crippen molar-refractivity contribution in [2.45, 2.75) is 13.8 Å². The highest BCUT2D eigenvalue weighted by atomic mass is 32.2. The highest BCUT2D eigenvalue weighted by Gasteiger charge is 2.08. The lowest BCUT2D eigenvalue weighted by atomic mass is 10.0. The topological polar surface area (TPSA) is 72.5 Å².